The summed E-state index contributed by atoms with van der Waals surface area (Å²) in [4.78, 5) is 18.8. The topological polar surface area (TPSA) is 72.3 Å². The van der Waals surface area contributed by atoms with Gasteiger partial charge < -0.3 is 9.84 Å². The Bertz CT molecular complexity index is 525. The van der Waals surface area contributed by atoms with Crippen LogP contribution in [0.25, 0.3) is 10.9 Å². The number of benzene rings is 1. The van der Waals surface area contributed by atoms with Crippen molar-refractivity contribution in [2.75, 3.05) is 7.11 Å². The van der Waals surface area contributed by atoms with Crippen molar-refractivity contribution in [3.05, 3.63) is 30.1 Å². The number of rotatable bonds is 1. The van der Waals surface area contributed by atoms with Crippen molar-refractivity contribution < 1.29 is 14.6 Å². The summed E-state index contributed by atoms with van der Waals surface area (Å²) < 4.78 is 4.56. The van der Waals surface area contributed by atoms with Crippen LogP contribution in [-0.2, 0) is 4.74 Å². The Morgan fingerprint density at radius 2 is 2.20 bits per heavy atom. The summed E-state index contributed by atoms with van der Waals surface area (Å²) in [5.74, 6) is -0.606. The number of aromatic nitrogens is 2. The van der Waals surface area contributed by atoms with E-state index < -0.39 is 5.97 Å². The maximum Gasteiger partial charge on any atom is 0.337 e. The largest absolute Gasteiger partial charge is 0.493 e. The first-order valence-corrected chi connectivity index (χ1v) is 4.24. The Morgan fingerprint density at radius 1 is 1.40 bits per heavy atom. The second-order valence-corrected chi connectivity index (χ2v) is 2.92. The van der Waals surface area contributed by atoms with Gasteiger partial charge in [0, 0.05) is 0 Å². The van der Waals surface area contributed by atoms with E-state index in [4.69, 9.17) is 0 Å². The first-order chi connectivity index (χ1) is 7.22. The van der Waals surface area contributed by atoms with Crippen LogP contribution in [0.15, 0.2) is 24.5 Å². The van der Waals surface area contributed by atoms with Crippen LogP contribution in [-0.4, -0.2) is 28.2 Å². The van der Waals surface area contributed by atoms with Crippen molar-refractivity contribution >= 4 is 16.9 Å². The lowest BCUT2D eigenvalue weighted by Crippen LogP contribution is -2.00. The second-order valence-electron chi connectivity index (χ2n) is 2.92. The zero-order valence-corrected chi connectivity index (χ0v) is 7.97. The molecule has 0 bridgehead atoms. The number of aromatic hydroxyl groups is 1. The van der Waals surface area contributed by atoms with Gasteiger partial charge in [-0.05, 0) is 18.2 Å². The molecule has 1 N–H and O–H groups in total. The Balaban J connectivity index is 2.64. The summed E-state index contributed by atoms with van der Waals surface area (Å²) in [7, 11) is 1.30. The number of hydrogen-bond donors (Lipinski definition) is 1. The van der Waals surface area contributed by atoms with Gasteiger partial charge >= 0.3 is 5.97 Å². The lowest BCUT2D eigenvalue weighted by atomic mass is 10.1. The van der Waals surface area contributed by atoms with Crippen LogP contribution in [0.1, 0.15) is 10.4 Å². The Labute approximate surface area is 85.4 Å². The van der Waals surface area contributed by atoms with Crippen LogP contribution < -0.4 is 0 Å². The van der Waals surface area contributed by atoms with E-state index in [0.29, 0.717) is 16.5 Å². The molecule has 0 aliphatic carbocycles. The maximum absolute atomic E-state index is 11.2. The van der Waals surface area contributed by atoms with Crippen LogP contribution in [0.4, 0.5) is 0 Å². The van der Waals surface area contributed by atoms with Crippen molar-refractivity contribution in [2.24, 2.45) is 0 Å². The van der Waals surface area contributed by atoms with Crippen LogP contribution in [0.2, 0.25) is 0 Å². The molecule has 0 aliphatic heterocycles. The lowest BCUT2D eigenvalue weighted by Gasteiger charge is -2.01. The summed E-state index contributed by atoms with van der Waals surface area (Å²) in [6.45, 7) is 0. The predicted molar refractivity (Wildman–Crippen MR) is 52.5 cm³/mol. The zero-order valence-electron chi connectivity index (χ0n) is 7.97. The zero-order chi connectivity index (χ0) is 10.8. The fourth-order valence-corrected chi connectivity index (χ4v) is 1.29. The summed E-state index contributed by atoms with van der Waals surface area (Å²) in [5, 5.41) is 9.88. The van der Waals surface area contributed by atoms with Crippen LogP contribution in [0.3, 0.4) is 0 Å². The first-order valence-electron chi connectivity index (χ1n) is 4.24. The SMILES string of the molecule is COC(=O)c1ccc2ncnc(O)c2c1. The molecule has 1 aromatic heterocycles. The minimum atomic E-state index is -0.458. The molecule has 1 heterocycles. The molecule has 0 saturated heterocycles. The Hall–Kier alpha value is -2.17. The van der Waals surface area contributed by atoms with Gasteiger partial charge in [-0.15, -0.1) is 0 Å². The second kappa shape index (κ2) is 3.53. The standard InChI is InChI=1S/C10H8N2O3/c1-15-10(14)6-2-3-8-7(4-6)9(13)12-5-11-8/h2-5H,1H3,(H,11,12,13). The van der Waals surface area contributed by atoms with Crippen molar-refractivity contribution in [1.82, 2.24) is 9.97 Å². The third kappa shape index (κ3) is 1.59. The monoisotopic (exact) mass is 204 g/mol. The minimum absolute atomic E-state index is 0.147. The van der Waals surface area contributed by atoms with Gasteiger partial charge in [0.1, 0.15) is 6.33 Å². The van der Waals surface area contributed by atoms with E-state index in [1.807, 2.05) is 0 Å². The minimum Gasteiger partial charge on any atom is -0.493 e. The number of ether oxygens (including phenoxy) is 1. The highest BCUT2D eigenvalue weighted by atomic mass is 16.5. The first kappa shape index (κ1) is 9.39. The van der Waals surface area contributed by atoms with E-state index in [1.165, 1.54) is 19.5 Å². The molecule has 5 nitrogen and oxygen atoms in total. The lowest BCUT2D eigenvalue weighted by molar-refractivity contribution is 0.0601. The number of carbonyl (C=O) groups excluding carboxylic acids is 1. The molecule has 0 fully saturated rings. The van der Waals surface area contributed by atoms with Crippen molar-refractivity contribution in [3.63, 3.8) is 0 Å². The average molecular weight is 204 g/mol. The van der Waals surface area contributed by atoms with Gasteiger partial charge in [0.2, 0.25) is 5.88 Å². The molecule has 76 valence electrons. The van der Waals surface area contributed by atoms with Crippen molar-refractivity contribution in [1.29, 1.82) is 0 Å². The Kier molecular flexibility index (Phi) is 2.21. The normalized spacial score (nSPS) is 10.2. The molecule has 2 rings (SSSR count). The van der Waals surface area contributed by atoms with E-state index >= 15 is 0 Å². The molecule has 1 aromatic carbocycles. The van der Waals surface area contributed by atoms with Gasteiger partial charge in [0.05, 0.1) is 23.6 Å². The fraction of sp³-hybridized carbons (Fsp3) is 0.100. The van der Waals surface area contributed by atoms with Gasteiger partial charge in [-0.25, -0.2) is 14.8 Å². The van der Waals surface area contributed by atoms with Crippen LogP contribution in [0.5, 0.6) is 5.88 Å². The molecule has 0 atom stereocenters. The molecule has 15 heavy (non-hydrogen) atoms. The molecule has 2 aromatic rings. The summed E-state index contributed by atoms with van der Waals surface area (Å²) in [5.41, 5.74) is 0.935. The highest BCUT2D eigenvalue weighted by Gasteiger charge is 2.08. The molecule has 0 radical (unpaired) electrons. The van der Waals surface area contributed by atoms with Gasteiger partial charge in [-0.2, -0.15) is 0 Å². The van der Waals surface area contributed by atoms with Crippen molar-refractivity contribution in [2.45, 2.75) is 0 Å². The molecule has 5 heteroatoms. The summed E-state index contributed by atoms with van der Waals surface area (Å²) in [6, 6.07) is 4.71. The van der Waals surface area contributed by atoms with E-state index in [1.54, 1.807) is 12.1 Å². The van der Waals surface area contributed by atoms with Crippen LogP contribution >= 0.6 is 0 Å². The van der Waals surface area contributed by atoms with E-state index in [-0.39, 0.29) is 5.88 Å². The maximum atomic E-state index is 11.2. The van der Waals surface area contributed by atoms with Gasteiger partial charge in [-0.1, -0.05) is 0 Å². The predicted octanol–water partition coefficient (Wildman–Crippen LogP) is 1.12. The molecule has 0 saturated carbocycles. The third-order valence-corrected chi connectivity index (χ3v) is 2.04. The number of hydrogen-bond acceptors (Lipinski definition) is 5. The number of methoxy groups -OCH3 is 1. The quantitative estimate of drug-likeness (QED) is 0.705. The third-order valence-electron chi connectivity index (χ3n) is 2.04. The van der Waals surface area contributed by atoms with E-state index in [0.717, 1.165) is 0 Å². The highest BCUT2D eigenvalue weighted by Crippen LogP contribution is 2.21. The van der Waals surface area contributed by atoms with E-state index in [9.17, 15) is 9.90 Å². The summed E-state index contributed by atoms with van der Waals surface area (Å²) in [6.07, 6.45) is 1.26. The van der Waals surface area contributed by atoms with Crippen molar-refractivity contribution in [3.8, 4) is 5.88 Å². The highest BCUT2D eigenvalue weighted by molar-refractivity contribution is 5.95. The number of esters is 1. The Morgan fingerprint density at radius 3 is 2.93 bits per heavy atom. The fourth-order valence-electron chi connectivity index (χ4n) is 1.29. The van der Waals surface area contributed by atoms with Gasteiger partial charge in [-0.3, -0.25) is 0 Å². The molecule has 0 spiro atoms. The van der Waals surface area contributed by atoms with E-state index in [2.05, 4.69) is 14.7 Å². The average Bonchev–Trinajstić information content (AvgIpc) is 2.28. The summed E-state index contributed by atoms with van der Waals surface area (Å²) >= 11 is 0. The number of fused-ring (bicyclic) bond motifs is 1. The smallest absolute Gasteiger partial charge is 0.337 e. The van der Waals surface area contributed by atoms with Crippen LogP contribution in [0, 0.1) is 0 Å². The van der Waals surface area contributed by atoms with Gasteiger partial charge in [0.25, 0.3) is 0 Å². The molecular weight excluding hydrogens is 196 g/mol. The molecule has 0 amide bonds. The number of nitrogens with zero attached hydrogens (tertiary/aromatic N) is 2. The molecule has 0 aliphatic rings. The molecular formula is C10H8N2O3. The number of carbonyl (C=O) groups is 1. The molecule has 0 unspecified atom stereocenters. The van der Waals surface area contributed by atoms with Gasteiger partial charge in [0.15, 0.2) is 0 Å².